The zero-order valence-electron chi connectivity index (χ0n) is 45.8. The summed E-state index contributed by atoms with van der Waals surface area (Å²) in [6, 6.07) is 0. The fourth-order valence-corrected chi connectivity index (χ4v) is 12.3. The molecule has 430 valence electrons. The van der Waals surface area contributed by atoms with E-state index in [1.54, 1.807) is 0 Å². The summed E-state index contributed by atoms with van der Waals surface area (Å²) >= 11 is 9.64. The lowest BCUT2D eigenvalue weighted by atomic mass is 9.88. The third kappa shape index (κ3) is 49.9. The number of carboxylic acids is 1. The molecule has 0 saturated heterocycles. The number of nitrogens with two attached hydrogens (primary N) is 4. The van der Waals surface area contributed by atoms with E-state index in [1.807, 2.05) is 13.8 Å². The lowest BCUT2D eigenvalue weighted by Gasteiger charge is -2.30. The maximum atomic E-state index is 10.5. The molecule has 9 N–H and O–H groups in total. The van der Waals surface area contributed by atoms with Crippen molar-refractivity contribution >= 4 is 102 Å². The Morgan fingerprint density at radius 1 is 0.500 bits per heavy atom. The standard InChI is InChI=1S/3C12H26N2O2S2.C10H20N2O4S2/c1-5-6-7-8-10(17-14-15)9-11(18-16-13)12(2,3)4;2*1-4-6-7-8-11(17-14-15)9-10-12(3,5-2)18-16-13;1-10(2,18-16-11)7-8(17-12-15)5-3-4-6-9(13)14/h10-11H,5-9,13H2,1-4H3;2*11H,4-10,13H2,1-3H3;8H,3-7,11H2,1-2H3,(H,13,14). The second-order valence-corrected chi connectivity index (χ2v) is 29.0. The van der Waals surface area contributed by atoms with Crippen LogP contribution in [0.2, 0.25) is 0 Å². The Hall–Kier alpha value is 0.350. The van der Waals surface area contributed by atoms with Crippen LogP contribution in [0.3, 0.4) is 0 Å². The highest BCUT2D eigenvalue weighted by atomic mass is 32.2. The summed E-state index contributed by atoms with van der Waals surface area (Å²) < 4.78 is 30.4. The van der Waals surface area contributed by atoms with Gasteiger partial charge in [-0.15, -0.1) is 19.6 Å². The number of aliphatic carboxylic acids is 1. The van der Waals surface area contributed by atoms with Crippen molar-refractivity contribution in [3.63, 3.8) is 0 Å². The molecule has 72 heavy (non-hydrogen) atoms. The van der Waals surface area contributed by atoms with E-state index in [4.69, 9.17) is 41.5 Å². The van der Waals surface area contributed by atoms with E-state index < -0.39 is 5.97 Å². The fourth-order valence-electron chi connectivity index (χ4n) is 6.94. The highest BCUT2D eigenvalue weighted by molar-refractivity contribution is 7.99. The van der Waals surface area contributed by atoms with Gasteiger partial charge in [-0.1, -0.05) is 120 Å². The minimum Gasteiger partial charge on any atom is -0.481 e. The largest absolute Gasteiger partial charge is 0.481 e. The van der Waals surface area contributed by atoms with Crippen LogP contribution in [0.15, 0.2) is 18.3 Å². The Kier molecular flexibility index (Phi) is 57.0. The third-order valence-electron chi connectivity index (χ3n) is 11.9. The van der Waals surface area contributed by atoms with Crippen LogP contribution in [0.4, 0.5) is 0 Å². The monoisotopic (exact) mass is 1180 g/mol. The predicted octanol–water partition coefficient (Wildman–Crippen LogP) is 17.5. The van der Waals surface area contributed by atoms with Gasteiger partial charge >= 0.3 is 5.97 Å². The van der Waals surface area contributed by atoms with Crippen LogP contribution in [-0.2, 0) is 21.9 Å². The molecule has 0 amide bonds. The first-order valence-corrected chi connectivity index (χ1v) is 31.8. The maximum Gasteiger partial charge on any atom is 0.303 e. The second kappa shape index (κ2) is 52.1. The third-order valence-corrected chi connectivity index (χ3v) is 19.2. The lowest BCUT2D eigenvalue weighted by molar-refractivity contribution is -0.137. The number of rotatable bonds is 45. The van der Waals surface area contributed by atoms with Crippen LogP contribution in [0.25, 0.3) is 0 Å². The Morgan fingerprint density at radius 2 is 0.861 bits per heavy atom. The van der Waals surface area contributed by atoms with E-state index in [-0.39, 0.29) is 41.8 Å². The van der Waals surface area contributed by atoms with Gasteiger partial charge in [0.1, 0.15) is 0 Å². The Balaban J connectivity index is -0.000000428. The second-order valence-electron chi connectivity index (χ2n) is 19.8. The molecule has 7 atom stereocenters. The molecular weight excluding hydrogens is 1080 g/mol. The van der Waals surface area contributed by atoms with Gasteiger partial charge in [0.2, 0.25) is 0 Å². The number of carboxylic acid groups (broad SMARTS) is 1. The van der Waals surface area contributed by atoms with Crippen LogP contribution in [-0.4, -0.2) is 51.6 Å². The first-order valence-electron chi connectivity index (χ1n) is 25.4. The van der Waals surface area contributed by atoms with E-state index in [1.165, 1.54) is 111 Å². The maximum absolute atomic E-state index is 10.5. The van der Waals surface area contributed by atoms with Crippen molar-refractivity contribution < 1.29 is 27.0 Å². The average molecular weight is 1180 g/mol. The summed E-state index contributed by atoms with van der Waals surface area (Å²) in [7, 11) is 0. The summed E-state index contributed by atoms with van der Waals surface area (Å²) in [4.78, 5) is 52.1. The molecule has 18 nitrogen and oxygen atoms in total. The Bertz CT molecular complexity index is 1260. The van der Waals surface area contributed by atoms with Crippen molar-refractivity contribution in [2.45, 2.75) is 278 Å². The average Bonchev–Trinajstić information content (AvgIpc) is 3.32. The summed E-state index contributed by atoms with van der Waals surface area (Å²) in [6.07, 6.45) is 23.8. The van der Waals surface area contributed by atoms with Gasteiger partial charge < -0.3 is 5.11 Å². The van der Waals surface area contributed by atoms with Gasteiger partial charge in [0.05, 0.1) is 0 Å². The number of nitroso groups, excluding NO2 is 4. The summed E-state index contributed by atoms with van der Waals surface area (Å²) in [6.45, 7) is 25.5. The molecule has 26 heteroatoms. The number of nitrogens with zero attached hydrogens (tertiary/aromatic N) is 4. The summed E-state index contributed by atoms with van der Waals surface area (Å²) in [5.41, 5.74) is 0.0937. The molecule has 7 unspecified atom stereocenters. The minimum absolute atomic E-state index is 0.0290. The predicted molar refractivity (Wildman–Crippen MR) is 321 cm³/mol. The molecule has 0 aromatic heterocycles. The molecule has 0 aliphatic rings. The van der Waals surface area contributed by atoms with Crippen LogP contribution in [0.1, 0.15) is 237 Å². The smallest absolute Gasteiger partial charge is 0.303 e. The normalized spacial score (nSPS) is 15.3. The number of carbonyl (C=O) groups is 1. The molecule has 0 aliphatic carbocycles. The quantitative estimate of drug-likeness (QED) is 0.0124. The number of unbranched alkanes of at least 4 members (excludes halogenated alkanes) is 7. The SMILES string of the molecule is CC(C)(CC(CCCCC(=O)O)SN=O)SON.CCCCCC(CC(SON)C(C)(C)C)SN=O.CCCCCC(CCC(C)(CC)SON)SN=O.CCCCCC(CCC(C)(CC)SON)SN=O. The number of hydrogen-bond acceptors (Lipinski definition) is 25. The highest BCUT2D eigenvalue weighted by Crippen LogP contribution is 2.40. The van der Waals surface area contributed by atoms with Gasteiger partial charge in [-0.3, -0.25) is 4.79 Å². The molecule has 0 fully saturated rings. The summed E-state index contributed by atoms with van der Waals surface area (Å²) in [5.74, 6) is 19.7. The first kappa shape index (κ1) is 78.8. The van der Waals surface area contributed by atoms with Gasteiger partial charge in [-0.2, -0.15) is 0 Å². The van der Waals surface area contributed by atoms with Gasteiger partial charge in [0.15, 0.2) is 0 Å². The Labute approximate surface area is 470 Å². The lowest BCUT2D eigenvalue weighted by Crippen LogP contribution is -2.27. The minimum atomic E-state index is -0.792. The van der Waals surface area contributed by atoms with Crippen molar-refractivity contribution in [3.05, 3.63) is 19.6 Å². The topological polar surface area (TPSA) is 296 Å². The van der Waals surface area contributed by atoms with Crippen molar-refractivity contribution in [1.29, 1.82) is 0 Å². The van der Waals surface area contributed by atoms with Crippen LogP contribution >= 0.6 is 96.0 Å². The Morgan fingerprint density at radius 3 is 1.19 bits per heavy atom. The van der Waals surface area contributed by atoms with E-state index in [0.717, 1.165) is 126 Å². The zero-order valence-corrected chi connectivity index (χ0v) is 52.4. The molecule has 0 aliphatic heterocycles. The van der Waals surface area contributed by atoms with Gasteiger partial charge in [0, 0.05) is 161 Å². The molecule has 0 spiro atoms. The molecule has 0 bridgehead atoms. The molecule has 0 aromatic carbocycles. The molecule has 0 aromatic rings. The molecule has 0 rings (SSSR count). The van der Waals surface area contributed by atoms with Crippen molar-refractivity contribution in [2.24, 2.45) is 47.3 Å². The molecule has 0 radical (unpaired) electrons. The van der Waals surface area contributed by atoms with E-state index in [9.17, 15) is 24.4 Å². The van der Waals surface area contributed by atoms with Crippen LogP contribution in [0.5, 0.6) is 0 Å². The fraction of sp³-hybridized carbons (Fsp3) is 0.978. The van der Waals surface area contributed by atoms with Crippen LogP contribution < -0.4 is 23.6 Å². The van der Waals surface area contributed by atoms with Gasteiger partial charge in [-0.25, -0.2) is 40.7 Å². The van der Waals surface area contributed by atoms with Crippen molar-refractivity contribution in [3.8, 4) is 0 Å². The van der Waals surface area contributed by atoms with Crippen molar-refractivity contribution in [2.75, 3.05) is 0 Å². The first-order chi connectivity index (χ1) is 34.1. The summed E-state index contributed by atoms with van der Waals surface area (Å²) in [5, 5.41) is 9.79. The van der Waals surface area contributed by atoms with Gasteiger partial charge in [0.25, 0.3) is 0 Å². The molecule has 0 saturated carbocycles. The molecule has 0 heterocycles. The highest BCUT2D eigenvalue weighted by Gasteiger charge is 2.30. The zero-order chi connectivity index (χ0) is 55.7. The molecular formula is C46H98N8O10S8. The van der Waals surface area contributed by atoms with Crippen LogP contribution in [0, 0.1) is 25.0 Å². The van der Waals surface area contributed by atoms with Gasteiger partial charge in [-0.05, 0) is 117 Å². The van der Waals surface area contributed by atoms with E-state index in [0.29, 0.717) is 16.9 Å². The van der Waals surface area contributed by atoms with Crippen molar-refractivity contribution in [1.82, 2.24) is 0 Å². The van der Waals surface area contributed by atoms with E-state index in [2.05, 4.69) is 91.8 Å². The van der Waals surface area contributed by atoms with E-state index >= 15 is 0 Å². The number of hydrogen-bond donors (Lipinski definition) is 5.